The van der Waals surface area contributed by atoms with E-state index in [4.69, 9.17) is 4.98 Å². The maximum absolute atomic E-state index is 13.4. The van der Waals surface area contributed by atoms with Crippen molar-refractivity contribution in [3.8, 4) is 11.3 Å². The molecule has 1 aromatic carbocycles. The highest BCUT2D eigenvalue weighted by Gasteiger charge is 2.28. The predicted molar refractivity (Wildman–Crippen MR) is 110 cm³/mol. The first-order chi connectivity index (χ1) is 12.0. The summed E-state index contributed by atoms with van der Waals surface area (Å²) in [5.74, 6) is 0.671. The molecule has 3 aromatic rings. The molecule has 0 saturated heterocycles. The molecule has 0 atom stereocenters. The second kappa shape index (κ2) is 6.69. The van der Waals surface area contributed by atoms with Crippen LogP contribution >= 0.6 is 15.9 Å². The maximum Gasteiger partial charge on any atom is 0.139 e. The van der Waals surface area contributed by atoms with Crippen molar-refractivity contribution in [2.45, 2.75) is 46.6 Å². The van der Waals surface area contributed by atoms with Gasteiger partial charge in [0.05, 0.1) is 0 Å². The first-order valence-electron chi connectivity index (χ1n) is 8.76. The molecule has 5 heteroatoms. The van der Waals surface area contributed by atoms with E-state index >= 15 is 0 Å². The molecule has 1 N–H and O–H groups in total. The van der Waals surface area contributed by atoms with Crippen LogP contribution in [0.15, 0.2) is 47.1 Å². The van der Waals surface area contributed by atoms with Gasteiger partial charge < -0.3 is 5.32 Å². The Morgan fingerprint density at radius 3 is 2.31 bits per heavy atom. The zero-order valence-corrected chi connectivity index (χ0v) is 17.5. The Bertz CT molecular complexity index is 921. The van der Waals surface area contributed by atoms with Gasteiger partial charge in [0.1, 0.15) is 23.0 Å². The molecule has 0 bridgehead atoms. The highest BCUT2D eigenvalue weighted by atomic mass is 79.9. The lowest BCUT2D eigenvalue weighted by molar-refractivity contribution is 0.302. The summed E-state index contributed by atoms with van der Waals surface area (Å²) >= 11 is 3.54. The fourth-order valence-electron chi connectivity index (χ4n) is 3.64. The summed E-state index contributed by atoms with van der Waals surface area (Å²) in [6.45, 7) is 11.1. The Hall–Kier alpha value is -1.88. The Balaban J connectivity index is 2.13. The number of rotatable bonds is 4. The van der Waals surface area contributed by atoms with E-state index in [-0.39, 0.29) is 16.8 Å². The van der Waals surface area contributed by atoms with Crippen molar-refractivity contribution in [3.05, 3.63) is 52.9 Å². The molecular weight excluding hydrogens is 393 g/mol. The molecule has 0 aliphatic heterocycles. The summed E-state index contributed by atoms with van der Waals surface area (Å²) in [7, 11) is 0. The molecule has 0 spiro atoms. The van der Waals surface area contributed by atoms with Crippen molar-refractivity contribution >= 4 is 27.4 Å². The SMILES string of the molecule is CC(C)(C)CC(C)(C)Nc1c(-c2ccc(F)cc2)nc2ccc(Br)cn12. The van der Waals surface area contributed by atoms with E-state index in [2.05, 4.69) is 55.9 Å². The van der Waals surface area contributed by atoms with Crippen LogP contribution in [0.3, 0.4) is 0 Å². The molecule has 0 fully saturated rings. The second-order valence-electron chi connectivity index (χ2n) is 8.64. The minimum Gasteiger partial charge on any atom is -0.364 e. The number of anilines is 1. The standard InChI is InChI=1S/C21H25BrFN3/c1-20(2,3)13-21(4,5)25-19-18(14-6-9-16(23)10-7-14)24-17-11-8-15(22)12-26(17)19/h6-12,25H,13H2,1-5H3. The van der Waals surface area contributed by atoms with Gasteiger partial charge in [-0.05, 0) is 78.0 Å². The average molecular weight is 418 g/mol. The van der Waals surface area contributed by atoms with Gasteiger partial charge in [0.2, 0.25) is 0 Å². The van der Waals surface area contributed by atoms with Crippen molar-refractivity contribution in [1.82, 2.24) is 9.38 Å². The largest absolute Gasteiger partial charge is 0.364 e. The summed E-state index contributed by atoms with van der Waals surface area (Å²) in [4.78, 5) is 4.79. The van der Waals surface area contributed by atoms with Gasteiger partial charge in [-0.15, -0.1) is 0 Å². The van der Waals surface area contributed by atoms with Gasteiger partial charge in [-0.2, -0.15) is 0 Å². The molecule has 0 aliphatic rings. The number of fused-ring (bicyclic) bond motifs is 1. The van der Waals surface area contributed by atoms with Gasteiger partial charge in [0.15, 0.2) is 0 Å². The first kappa shape index (κ1) is 18.9. The van der Waals surface area contributed by atoms with Crippen LogP contribution in [0, 0.1) is 11.2 Å². The zero-order chi connectivity index (χ0) is 19.1. The Kier molecular flexibility index (Phi) is 4.86. The lowest BCUT2D eigenvalue weighted by Gasteiger charge is -2.34. The highest BCUT2D eigenvalue weighted by molar-refractivity contribution is 9.10. The molecule has 0 aliphatic carbocycles. The molecule has 2 heterocycles. The third-order valence-electron chi connectivity index (χ3n) is 4.13. The number of imidazole rings is 1. The molecule has 0 radical (unpaired) electrons. The summed E-state index contributed by atoms with van der Waals surface area (Å²) in [6, 6.07) is 10.4. The van der Waals surface area contributed by atoms with Crippen LogP contribution in [0.4, 0.5) is 10.2 Å². The summed E-state index contributed by atoms with van der Waals surface area (Å²) in [5, 5.41) is 3.69. The van der Waals surface area contributed by atoms with Gasteiger partial charge in [-0.3, -0.25) is 4.40 Å². The van der Waals surface area contributed by atoms with Crippen LogP contribution in [-0.2, 0) is 0 Å². The van der Waals surface area contributed by atoms with Crippen LogP contribution in [-0.4, -0.2) is 14.9 Å². The maximum atomic E-state index is 13.4. The number of halogens is 2. The molecule has 3 nitrogen and oxygen atoms in total. The molecular formula is C21H25BrFN3. The van der Waals surface area contributed by atoms with Gasteiger partial charge in [-0.25, -0.2) is 9.37 Å². The van der Waals surface area contributed by atoms with E-state index in [0.717, 1.165) is 33.6 Å². The molecule has 0 unspecified atom stereocenters. The minimum absolute atomic E-state index is 0.134. The van der Waals surface area contributed by atoms with Crippen molar-refractivity contribution in [2.75, 3.05) is 5.32 Å². The molecule has 3 rings (SSSR count). The fourth-order valence-corrected chi connectivity index (χ4v) is 3.97. The normalized spacial score (nSPS) is 12.6. The number of pyridine rings is 1. The van der Waals surface area contributed by atoms with E-state index < -0.39 is 0 Å². The van der Waals surface area contributed by atoms with E-state index in [9.17, 15) is 4.39 Å². The van der Waals surface area contributed by atoms with Crippen molar-refractivity contribution in [2.24, 2.45) is 5.41 Å². The smallest absolute Gasteiger partial charge is 0.139 e. The molecule has 2 aromatic heterocycles. The number of hydrogen-bond acceptors (Lipinski definition) is 2. The van der Waals surface area contributed by atoms with Crippen LogP contribution in [0.2, 0.25) is 0 Å². The highest BCUT2D eigenvalue weighted by Crippen LogP contribution is 2.35. The molecule has 0 saturated carbocycles. The summed E-state index contributed by atoms with van der Waals surface area (Å²) in [5.41, 5.74) is 2.62. The van der Waals surface area contributed by atoms with Gasteiger partial charge in [0.25, 0.3) is 0 Å². The van der Waals surface area contributed by atoms with Crippen LogP contribution in [0.1, 0.15) is 41.0 Å². The van der Waals surface area contributed by atoms with Crippen molar-refractivity contribution in [1.29, 1.82) is 0 Å². The third-order valence-corrected chi connectivity index (χ3v) is 4.60. The monoisotopic (exact) mass is 417 g/mol. The van der Waals surface area contributed by atoms with Crippen LogP contribution < -0.4 is 5.32 Å². The minimum atomic E-state index is -0.247. The third kappa shape index (κ3) is 4.26. The van der Waals surface area contributed by atoms with Crippen molar-refractivity contribution in [3.63, 3.8) is 0 Å². The average Bonchev–Trinajstić information content (AvgIpc) is 2.83. The molecule has 138 valence electrons. The number of nitrogens with zero attached hydrogens (tertiary/aromatic N) is 2. The summed E-state index contributed by atoms with van der Waals surface area (Å²) in [6.07, 6.45) is 2.99. The van der Waals surface area contributed by atoms with E-state index in [0.29, 0.717) is 0 Å². The van der Waals surface area contributed by atoms with Gasteiger partial charge in [-0.1, -0.05) is 20.8 Å². The number of benzene rings is 1. The fraction of sp³-hybridized carbons (Fsp3) is 0.381. The Labute approximate surface area is 162 Å². The zero-order valence-electron chi connectivity index (χ0n) is 15.9. The lowest BCUT2D eigenvalue weighted by Crippen LogP contribution is -2.36. The van der Waals surface area contributed by atoms with Gasteiger partial charge >= 0.3 is 0 Å². The summed E-state index contributed by atoms with van der Waals surface area (Å²) < 4.78 is 16.4. The first-order valence-corrected chi connectivity index (χ1v) is 9.55. The van der Waals surface area contributed by atoms with Crippen molar-refractivity contribution < 1.29 is 4.39 Å². The quantitative estimate of drug-likeness (QED) is 0.522. The van der Waals surface area contributed by atoms with Crippen LogP contribution in [0.5, 0.6) is 0 Å². The molecule has 0 amide bonds. The lowest BCUT2D eigenvalue weighted by atomic mass is 9.82. The molecule has 26 heavy (non-hydrogen) atoms. The van der Waals surface area contributed by atoms with E-state index in [1.54, 1.807) is 12.1 Å². The van der Waals surface area contributed by atoms with E-state index in [1.165, 1.54) is 12.1 Å². The Morgan fingerprint density at radius 1 is 1.04 bits per heavy atom. The van der Waals surface area contributed by atoms with Gasteiger partial charge in [0, 0.05) is 21.8 Å². The number of aromatic nitrogens is 2. The van der Waals surface area contributed by atoms with E-state index in [1.807, 2.05) is 22.7 Å². The number of nitrogens with one attached hydrogen (secondary N) is 1. The van der Waals surface area contributed by atoms with Crippen LogP contribution in [0.25, 0.3) is 16.9 Å². The second-order valence-corrected chi connectivity index (χ2v) is 9.55. The Morgan fingerprint density at radius 2 is 1.69 bits per heavy atom. The predicted octanol–water partition coefficient (Wildman–Crippen LogP) is 6.53. The number of hydrogen-bond donors (Lipinski definition) is 1. The topological polar surface area (TPSA) is 29.3 Å².